The van der Waals surface area contributed by atoms with Gasteiger partial charge in [-0.1, -0.05) is 22.9 Å². The van der Waals surface area contributed by atoms with Crippen LogP contribution in [0.15, 0.2) is 28.7 Å². The molecule has 0 aromatic heterocycles. The molecule has 4 nitrogen and oxygen atoms in total. The highest BCUT2D eigenvalue weighted by Crippen LogP contribution is 2.14. The van der Waals surface area contributed by atoms with Crippen LogP contribution < -0.4 is 11.1 Å². The van der Waals surface area contributed by atoms with Gasteiger partial charge in [0, 0.05) is 15.7 Å². The van der Waals surface area contributed by atoms with Crippen LogP contribution >= 0.6 is 15.9 Å². The van der Waals surface area contributed by atoms with E-state index in [1.54, 1.807) is 0 Å². The number of carbonyl (C=O) groups excluding carboxylic acids is 1. The van der Waals surface area contributed by atoms with Crippen molar-refractivity contribution in [3.63, 3.8) is 0 Å². The molecular weight excluding hydrogens is 296 g/mol. The average molecular weight is 315 g/mol. The topological polar surface area (TPSA) is 64.3 Å². The van der Waals surface area contributed by atoms with Gasteiger partial charge in [0.1, 0.15) is 6.61 Å². The van der Waals surface area contributed by atoms with E-state index in [2.05, 4.69) is 21.2 Å². The molecule has 3 N–H and O–H groups in total. The molecule has 0 saturated carbocycles. The summed E-state index contributed by atoms with van der Waals surface area (Å²) < 4.78 is 6.27. The third-order valence-corrected chi connectivity index (χ3v) is 3.13. The maximum absolute atomic E-state index is 11.6. The summed E-state index contributed by atoms with van der Waals surface area (Å²) >= 11 is 3.33. The van der Waals surface area contributed by atoms with Gasteiger partial charge in [0.15, 0.2) is 0 Å². The molecule has 0 aliphatic heterocycles. The van der Waals surface area contributed by atoms with Crippen LogP contribution in [0.1, 0.15) is 20.3 Å². The van der Waals surface area contributed by atoms with Crippen LogP contribution in [0, 0.1) is 0 Å². The number of nitrogens with two attached hydrogens (primary N) is 1. The van der Waals surface area contributed by atoms with Gasteiger partial charge in [-0.2, -0.15) is 0 Å². The summed E-state index contributed by atoms with van der Waals surface area (Å²) in [6.45, 7) is 4.28. The summed E-state index contributed by atoms with van der Waals surface area (Å²) in [4.78, 5) is 11.6. The zero-order valence-electron chi connectivity index (χ0n) is 10.7. The quantitative estimate of drug-likeness (QED) is 0.848. The summed E-state index contributed by atoms with van der Waals surface area (Å²) in [5.74, 6) is -0.177. The zero-order valence-corrected chi connectivity index (χ0v) is 12.3. The van der Waals surface area contributed by atoms with Gasteiger partial charge >= 0.3 is 0 Å². The molecular formula is C13H19BrN2O2. The molecule has 0 fully saturated rings. The number of ether oxygens (including phenoxy) is 1. The van der Waals surface area contributed by atoms with Gasteiger partial charge < -0.3 is 15.8 Å². The van der Waals surface area contributed by atoms with Crippen molar-refractivity contribution in [2.45, 2.75) is 25.8 Å². The van der Waals surface area contributed by atoms with E-state index in [1.807, 2.05) is 38.1 Å². The van der Waals surface area contributed by atoms with E-state index in [4.69, 9.17) is 10.5 Å². The van der Waals surface area contributed by atoms with Gasteiger partial charge in [0.2, 0.25) is 5.91 Å². The molecule has 0 saturated heterocycles. The molecule has 0 aliphatic rings. The molecule has 0 bridgehead atoms. The Morgan fingerprint density at radius 2 is 2.06 bits per heavy atom. The molecule has 0 radical (unpaired) electrons. The third kappa shape index (κ3) is 5.62. The number of carbonyl (C=O) groups is 1. The highest BCUT2D eigenvalue weighted by Gasteiger charge is 2.16. The van der Waals surface area contributed by atoms with Crippen LogP contribution in [-0.4, -0.2) is 24.7 Å². The fourth-order valence-electron chi connectivity index (χ4n) is 1.21. The van der Waals surface area contributed by atoms with Crippen molar-refractivity contribution >= 4 is 27.5 Å². The first kappa shape index (κ1) is 15.1. The zero-order chi connectivity index (χ0) is 13.6. The molecule has 0 spiro atoms. The number of amides is 1. The lowest BCUT2D eigenvalue weighted by atomic mass is 10.0. The predicted molar refractivity (Wildman–Crippen MR) is 76.5 cm³/mol. The fraction of sp³-hybridized carbons (Fsp3) is 0.462. The van der Waals surface area contributed by atoms with Crippen molar-refractivity contribution in [2.75, 3.05) is 18.5 Å². The number of halogens is 1. The van der Waals surface area contributed by atoms with Crippen LogP contribution in [-0.2, 0) is 9.53 Å². The van der Waals surface area contributed by atoms with Crippen LogP contribution in [0.4, 0.5) is 5.69 Å². The number of rotatable bonds is 6. The van der Waals surface area contributed by atoms with Crippen molar-refractivity contribution < 1.29 is 9.53 Å². The SMILES string of the molecule is CCC(C)(N)COCC(=O)Nc1ccc(Br)cc1. The van der Waals surface area contributed by atoms with Crippen LogP contribution in [0.3, 0.4) is 0 Å². The maximum Gasteiger partial charge on any atom is 0.250 e. The smallest absolute Gasteiger partial charge is 0.250 e. The number of hydrogen-bond donors (Lipinski definition) is 2. The second-order valence-electron chi connectivity index (χ2n) is 4.56. The number of benzene rings is 1. The second kappa shape index (κ2) is 6.87. The van der Waals surface area contributed by atoms with Crippen molar-refractivity contribution in [3.8, 4) is 0 Å². The first-order valence-corrected chi connectivity index (χ1v) is 6.64. The van der Waals surface area contributed by atoms with E-state index in [0.29, 0.717) is 6.61 Å². The summed E-state index contributed by atoms with van der Waals surface area (Å²) in [5.41, 5.74) is 6.28. The summed E-state index contributed by atoms with van der Waals surface area (Å²) in [7, 11) is 0. The highest BCUT2D eigenvalue weighted by atomic mass is 79.9. The Balaban J connectivity index is 2.32. The lowest BCUT2D eigenvalue weighted by molar-refractivity contribution is -0.121. The predicted octanol–water partition coefficient (Wildman–Crippen LogP) is 2.53. The van der Waals surface area contributed by atoms with Gasteiger partial charge in [0.25, 0.3) is 0 Å². The summed E-state index contributed by atoms with van der Waals surface area (Å²) in [6, 6.07) is 7.37. The van der Waals surface area contributed by atoms with Crippen LogP contribution in [0.2, 0.25) is 0 Å². The Morgan fingerprint density at radius 1 is 1.44 bits per heavy atom. The molecule has 1 aromatic carbocycles. The number of nitrogens with one attached hydrogen (secondary N) is 1. The first-order valence-electron chi connectivity index (χ1n) is 5.85. The maximum atomic E-state index is 11.6. The summed E-state index contributed by atoms with van der Waals surface area (Å²) in [6.07, 6.45) is 0.807. The minimum absolute atomic E-state index is 0.0167. The summed E-state index contributed by atoms with van der Waals surface area (Å²) in [5, 5.41) is 2.75. The largest absolute Gasteiger partial charge is 0.370 e. The standard InChI is InChI=1S/C13H19BrN2O2/c1-3-13(2,15)9-18-8-12(17)16-11-6-4-10(14)5-7-11/h4-7H,3,8-9,15H2,1-2H3,(H,16,17). The van der Waals surface area contributed by atoms with Gasteiger partial charge in [0.05, 0.1) is 6.61 Å². The van der Waals surface area contributed by atoms with Gasteiger partial charge in [-0.3, -0.25) is 4.79 Å². The first-order chi connectivity index (χ1) is 8.43. The molecule has 1 unspecified atom stereocenters. The fourth-order valence-corrected chi connectivity index (χ4v) is 1.47. The highest BCUT2D eigenvalue weighted by molar-refractivity contribution is 9.10. The minimum Gasteiger partial charge on any atom is -0.370 e. The Kier molecular flexibility index (Phi) is 5.78. The Labute approximate surface area is 116 Å². The van der Waals surface area contributed by atoms with E-state index < -0.39 is 0 Å². The normalized spacial score (nSPS) is 14.0. The minimum atomic E-state index is -0.377. The Morgan fingerprint density at radius 3 is 2.61 bits per heavy atom. The number of hydrogen-bond acceptors (Lipinski definition) is 3. The van der Waals surface area contributed by atoms with Crippen LogP contribution in [0.5, 0.6) is 0 Å². The second-order valence-corrected chi connectivity index (χ2v) is 5.47. The van der Waals surface area contributed by atoms with Gasteiger partial charge in [-0.15, -0.1) is 0 Å². The molecule has 1 rings (SSSR count). The van der Waals surface area contributed by atoms with Gasteiger partial charge in [-0.25, -0.2) is 0 Å². The van der Waals surface area contributed by atoms with Crippen molar-refractivity contribution in [1.29, 1.82) is 0 Å². The Hall–Kier alpha value is -0.910. The molecule has 1 aromatic rings. The van der Waals surface area contributed by atoms with E-state index in [9.17, 15) is 4.79 Å². The van der Waals surface area contributed by atoms with Crippen molar-refractivity contribution in [2.24, 2.45) is 5.73 Å². The lowest BCUT2D eigenvalue weighted by Crippen LogP contribution is -2.41. The molecule has 0 aliphatic carbocycles. The number of anilines is 1. The van der Waals surface area contributed by atoms with Crippen molar-refractivity contribution in [1.82, 2.24) is 0 Å². The molecule has 100 valence electrons. The van der Waals surface area contributed by atoms with E-state index >= 15 is 0 Å². The monoisotopic (exact) mass is 314 g/mol. The Bertz CT molecular complexity index is 390. The van der Waals surface area contributed by atoms with Crippen molar-refractivity contribution in [3.05, 3.63) is 28.7 Å². The lowest BCUT2D eigenvalue weighted by Gasteiger charge is -2.22. The van der Waals surface area contributed by atoms with E-state index in [1.165, 1.54) is 0 Å². The molecule has 1 atom stereocenters. The van der Waals surface area contributed by atoms with Gasteiger partial charge in [-0.05, 0) is 37.6 Å². The van der Waals surface area contributed by atoms with Crippen LogP contribution in [0.25, 0.3) is 0 Å². The molecule has 0 heterocycles. The molecule has 1 amide bonds. The van der Waals surface area contributed by atoms with E-state index in [0.717, 1.165) is 16.6 Å². The molecule has 18 heavy (non-hydrogen) atoms. The molecule has 5 heteroatoms. The third-order valence-electron chi connectivity index (χ3n) is 2.60. The average Bonchev–Trinajstić information content (AvgIpc) is 2.32. The van der Waals surface area contributed by atoms with E-state index in [-0.39, 0.29) is 18.1 Å².